The average molecular weight is 324 g/mol. The lowest BCUT2D eigenvalue weighted by Gasteiger charge is -2.10. The van der Waals surface area contributed by atoms with Crippen LogP contribution in [0.3, 0.4) is 0 Å². The summed E-state index contributed by atoms with van der Waals surface area (Å²) in [7, 11) is -2.10. The molecule has 0 saturated carbocycles. The first-order valence-corrected chi connectivity index (χ1v) is 7.15. The molecule has 17 heavy (non-hydrogen) atoms. The molecule has 0 aromatic heterocycles. The van der Waals surface area contributed by atoms with Crippen molar-refractivity contribution in [3.8, 4) is 5.75 Å². The smallest absolute Gasteiger partial charge is 0.240 e. The second-order valence-corrected chi connectivity index (χ2v) is 6.12. The van der Waals surface area contributed by atoms with E-state index < -0.39 is 16.1 Å². The third-order valence-electron chi connectivity index (χ3n) is 2.00. The number of rotatable bonds is 5. The molecule has 0 aliphatic carbocycles. The number of hydrogen-bond acceptors (Lipinski definition) is 4. The number of nitrogens with one attached hydrogen (secondary N) is 1. The number of aliphatic hydroxyl groups excluding tert-OH is 1. The van der Waals surface area contributed by atoms with E-state index in [9.17, 15) is 8.42 Å². The summed E-state index contributed by atoms with van der Waals surface area (Å²) in [6.07, 6.45) is -0.730. The monoisotopic (exact) mass is 323 g/mol. The maximum absolute atomic E-state index is 11.8. The van der Waals surface area contributed by atoms with E-state index in [1.54, 1.807) is 6.07 Å². The van der Waals surface area contributed by atoms with Crippen LogP contribution in [0.5, 0.6) is 5.75 Å². The highest BCUT2D eigenvalue weighted by Gasteiger charge is 2.16. The highest BCUT2D eigenvalue weighted by atomic mass is 79.9. The van der Waals surface area contributed by atoms with Gasteiger partial charge in [0.25, 0.3) is 0 Å². The van der Waals surface area contributed by atoms with E-state index in [1.807, 2.05) is 0 Å². The number of methoxy groups -OCH3 is 1. The predicted molar refractivity (Wildman–Crippen MR) is 67.6 cm³/mol. The molecule has 0 amide bonds. The van der Waals surface area contributed by atoms with Gasteiger partial charge in [-0.2, -0.15) is 0 Å². The molecular weight excluding hydrogens is 310 g/mol. The molecule has 0 aliphatic heterocycles. The fourth-order valence-corrected chi connectivity index (χ4v) is 2.97. The summed E-state index contributed by atoms with van der Waals surface area (Å²) in [5.41, 5.74) is 0. The van der Waals surface area contributed by atoms with Gasteiger partial charge in [-0.15, -0.1) is 0 Å². The van der Waals surface area contributed by atoms with Crippen LogP contribution in [0.2, 0.25) is 0 Å². The molecule has 96 valence electrons. The number of ether oxygens (including phenoxy) is 1. The van der Waals surface area contributed by atoms with Crippen LogP contribution in [0.25, 0.3) is 0 Å². The molecule has 0 spiro atoms. The van der Waals surface area contributed by atoms with E-state index in [2.05, 4.69) is 20.7 Å². The topological polar surface area (TPSA) is 75.6 Å². The van der Waals surface area contributed by atoms with Crippen molar-refractivity contribution in [1.82, 2.24) is 4.72 Å². The Morgan fingerprint density at radius 1 is 1.53 bits per heavy atom. The third kappa shape index (κ3) is 3.95. The van der Waals surface area contributed by atoms with Crippen LogP contribution in [-0.4, -0.2) is 33.3 Å². The summed E-state index contributed by atoms with van der Waals surface area (Å²) in [5.74, 6) is 0.555. The molecule has 0 saturated heterocycles. The predicted octanol–water partition coefficient (Wildman–Crippen LogP) is 1.12. The van der Waals surface area contributed by atoms with Gasteiger partial charge in [-0.1, -0.05) is 0 Å². The van der Waals surface area contributed by atoms with Crippen molar-refractivity contribution >= 4 is 26.0 Å². The Morgan fingerprint density at radius 2 is 2.18 bits per heavy atom. The largest absolute Gasteiger partial charge is 0.496 e. The second-order valence-electron chi connectivity index (χ2n) is 3.50. The first-order chi connectivity index (χ1) is 7.86. The lowest BCUT2D eigenvalue weighted by atomic mass is 10.3. The molecule has 1 rings (SSSR count). The van der Waals surface area contributed by atoms with Gasteiger partial charge in [0.15, 0.2) is 0 Å². The van der Waals surface area contributed by atoms with Gasteiger partial charge in [0.2, 0.25) is 10.0 Å². The minimum atomic E-state index is -3.60. The third-order valence-corrected chi connectivity index (χ3v) is 4.04. The van der Waals surface area contributed by atoms with Crippen LogP contribution in [0.15, 0.2) is 27.6 Å². The Hall–Kier alpha value is -0.630. The summed E-state index contributed by atoms with van der Waals surface area (Å²) in [6.45, 7) is 1.48. The van der Waals surface area contributed by atoms with Crippen molar-refractivity contribution in [2.75, 3.05) is 13.7 Å². The van der Waals surface area contributed by atoms with E-state index in [0.717, 1.165) is 0 Å². The summed E-state index contributed by atoms with van der Waals surface area (Å²) < 4.78 is 31.5. The Bertz CT molecular complexity index is 487. The molecule has 0 fully saturated rings. The van der Waals surface area contributed by atoms with Gasteiger partial charge in [-0.05, 0) is 41.1 Å². The number of benzene rings is 1. The molecule has 1 aromatic rings. The van der Waals surface area contributed by atoms with E-state index >= 15 is 0 Å². The molecule has 0 heterocycles. The Kier molecular flexibility index (Phi) is 4.93. The number of aliphatic hydroxyl groups is 1. The van der Waals surface area contributed by atoms with E-state index in [0.29, 0.717) is 10.2 Å². The van der Waals surface area contributed by atoms with E-state index in [-0.39, 0.29) is 11.4 Å². The fourth-order valence-electron chi connectivity index (χ4n) is 1.13. The number of halogens is 1. The van der Waals surface area contributed by atoms with Gasteiger partial charge in [0.1, 0.15) is 5.75 Å². The minimum Gasteiger partial charge on any atom is -0.496 e. The molecule has 5 nitrogen and oxygen atoms in total. The van der Waals surface area contributed by atoms with Crippen LogP contribution in [0, 0.1) is 0 Å². The van der Waals surface area contributed by atoms with Crippen molar-refractivity contribution in [3.63, 3.8) is 0 Å². The first kappa shape index (κ1) is 14.4. The van der Waals surface area contributed by atoms with Gasteiger partial charge in [0, 0.05) is 6.54 Å². The molecule has 0 aliphatic rings. The summed E-state index contributed by atoms with van der Waals surface area (Å²) in [6, 6.07) is 4.44. The minimum absolute atomic E-state index is 0.0218. The van der Waals surface area contributed by atoms with E-state index in [4.69, 9.17) is 9.84 Å². The highest BCUT2D eigenvalue weighted by molar-refractivity contribution is 9.10. The fraction of sp³-hybridized carbons (Fsp3) is 0.400. The molecular formula is C10H14BrNO4S. The van der Waals surface area contributed by atoms with Gasteiger partial charge in [0.05, 0.1) is 22.6 Å². The molecule has 1 aromatic carbocycles. The highest BCUT2D eigenvalue weighted by Crippen LogP contribution is 2.27. The van der Waals surface area contributed by atoms with Crippen LogP contribution >= 0.6 is 15.9 Å². The lowest BCUT2D eigenvalue weighted by Crippen LogP contribution is -2.30. The zero-order valence-corrected chi connectivity index (χ0v) is 11.9. The van der Waals surface area contributed by atoms with Crippen molar-refractivity contribution in [2.45, 2.75) is 17.9 Å². The van der Waals surface area contributed by atoms with Gasteiger partial charge >= 0.3 is 0 Å². The summed E-state index contributed by atoms with van der Waals surface area (Å²) in [5, 5.41) is 9.04. The quantitative estimate of drug-likeness (QED) is 0.851. The molecule has 7 heteroatoms. The standard InChI is InChI=1S/C10H14BrNO4S/c1-7(13)6-12-17(14,15)8-3-4-10(16-2)9(11)5-8/h3-5,7,12-13H,6H2,1-2H3. The van der Waals surface area contributed by atoms with Crippen LogP contribution in [-0.2, 0) is 10.0 Å². The summed E-state index contributed by atoms with van der Waals surface area (Å²) >= 11 is 3.21. The lowest BCUT2D eigenvalue weighted by molar-refractivity contribution is 0.198. The molecule has 1 atom stereocenters. The van der Waals surface area contributed by atoms with Gasteiger partial charge in [-0.25, -0.2) is 13.1 Å². The van der Waals surface area contributed by atoms with Crippen LogP contribution < -0.4 is 9.46 Å². The van der Waals surface area contributed by atoms with Crippen molar-refractivity contribution in [3.05, 3.63) is 22.7 Å². The van der Waals surface area contributed by atoms with E-state index in [1.165, 1.54) is 26.2 Å². The molecule has 0 bridgehead atoms. The Balaban J connectivity index is 2.96. The number of hydrogen-bond donors (Lipinski definition) is 2. The number of sulfonamides is 1. The van der Waals surface area contributed by atoms with Crippen molar-refractivity contribution < 1.29 is 18.3 Å². The normalized spacial score (nSPS) is 13.4. The van der Waals surface area contributed by atoms with Crippen molar-refractivity contribution in [1.29, 1.82) is 0 Å². The Morgan fingerprint density at radius 3 is 2.65 bits per heavy atom. The average Bonchev–Trinajstić information content (AvgIpc) is 2.26. The first-order valence-electron chi connectivity index (χ1n) is 4.88. The SMILES string of the molecule is COc1ccc(S(=O)(=O)NCC(C)O)cc1Br. The van der Waals surface area contributed by atoms with Crippen LogP contribution in [0.4, 0.5) is 0 Å². The zero-order chi connectivity index (χ0) is 13.1. The maximum atomic E-state index is 11.8. The van der Waals surface area contributed by atoms with Gasteiger partial charge in [-0.3, -0.25) is 0 Å². The molecule has 1 unspecified atom stereocenters. The molecule has 2 N–H and O–H groups in total. The second kappa shape index (κ2) is 5.81. The maximum Gasteiger partial charge on any atom is 0.240 e. The zero-order valence-electron chi connectivity index (χ0n) is 9.47. The Labute approximate surface area is 109 Å². The molecule has 0 radical (unpaired) electrons. The summed E-state index contributed by atoms with van der Waals surface area (Å²) in [4.78, 5) is 0.117. The van der Waals surface area contributed by atoms with Crippen LogP contribution in [0.1, 0.15) is 6.92 Å². The van der Waals surface area contributed by atoms with Crippen molar-refractivity contribution in [2.24, 2.45) is 0 Å². The van der Waals surface area contributed by atoms with Gasteiger partial charge < -0.3 is 9.84 Å².